The van der Waals surface area contributed by atoms with Gasteiger partial charge in [0.1, 0.15) is 13.2 Å². The SMILES string of the molecule is CN(CC(OCc1ccccc1B(O)O)c1c2ccccc2c2cc(CN(C)C(C=O)N3CCN(CC(=O)O)CCN(CC(=O)O)CCN(CC(=O)O)CC3)ccc2[n+]1C)c1ccccc1.[Eu]. The van der Waals surface area contributed by atoms with Crippen LogP contribution < -0.4 is 14.9 Å². The normalized spacial score (nSPS) is 15.9. The third-order valence-electron chi connectivity index (χ3n) is 12.3. The van der Waals surface area contributed by atoms with E-state index in [0.717, 1.165) is 44.9 Å². The molecule has 1 aliphatic rings. The van der Waals surface area contributed by atoms with Crippen LogP contribution in [0.4, 0.5) is 5.69 Å². The Labute approximate surface area is 432 Å². The van der Waals surface area contributed by atoms with Crippen LogP contribution in [0.3, 0.4) is 0 Å². The molecule has 0 amide bonds. The summed E-state index contributed by atoms with van der Waals surface area (Å²) in [6, 6.07) is 31.6. The zero-order chi connectivity index (χ0) is 47.3. The van der Waals surface area contributed by atoms with Crippen LogP contribution in [0.5, 0.6) is 0 Å². The molecule has 1 aromatic heterocycles. The van der Waals surface area contributed by atoms with E-state index in [1.54, 1.807) is 26.8 Å². The summed E-state index contributed by atoms with van der Waals surface area (Å²) in [5, 5.41) is 52.2. The maximum absolute atomic E-state index is 13.1. The molecule has 17 nitrogen and oxygen atoms in total. The number of para-hydroxylation sites is 1. The Balaban J connectivity index is 0.00000840. The van der Waals surface area contributed by atoms with Gasteiger partial charge in [-0.05, 0) is 47.9 Å². The number of carbonyl (C=O) groups excluding carboxylic acids is 1. The number of hydrogen-bond donors (Lipinski definition) is 5. The van der Waals surface area contributed by atoms with Crippen molar-refractivity contribution in [3.63, 3.8) is 0 Å². The molecule has 0 bridgehead atoms. The number of carboxylic acid groups (broad SMARTS) is 3. The first-order valence-corrected chi connectivity index (χ1v) is 22.1. The van der Waals surface area contributed by atoms with Crippen molar-refractivity contribution in [1.29, 1.82) is 0 Å². The number of fused-ring (bicyclic) bond motifs is 3. The number of anilines is 1. The number of aromatic nitrogens is 1. The molecule has 67 heavy (non-hydrogen) atoms. The molecule has 5 N–H and O–H groups in total. The van der Waals surface area contributed by atoms with Gasteiger partial charge in [0, 0.05) is 132 Å². The Morgan fingerprint density at radius 2 is 1.24 bits per heavy atom. The second-order valence-electron chi connectivity index (χ2n) is 16.9. The van der Waals surface area contributed by atoms with E-state index >= 15 is 0 Å². The minimum absolute atomic E-state index is 0. The van der Waals surface area contributed by atoms with Crippen molar-refractivity contribution in [2.45, 2.75) is 25.4 Å². The number of hydrogen-bond acceptors (Lipinski definition) is 13. The van der Waals surface area contributed by atoms with Gasteiger partial charge >= 0.3 is 25.0 Å². The Bertz CT molecular complexity index is 2420. The molecule has 2 heterocycles. The first kappa shape index (κ1) is 53.7. The summed E-state index contributed by atoms with van der Waals surface area (Å²) in [6.45, 7) is 2.48. The van der Waals surface area contributed by atoms with Crippen molar-refractivity contribution in [1.82, 2.24) is 24.5 Å². The molecular formula is C48H61BEuN7O10+. The summed E-state index contributed by atoms with van der Waals surface area (Å²) in [6.07, 6.45) is -0.352. The van der Waals surface area contributed by atoms with Gasteiger partial charge in [-0.15, -0.1) is 0 Å². The van der Waals surface area contributed by atoms with Crippen molar-refractivity contribution in [3.8, 4) is 0 Å². The van der Waals surface area contributed by atoms with Gasteiger partial charge in [-0.2, -0.15) is 4.57 Å². The summed E-state index contributed by atoms with van der Waals surface area (Å²) in [7, 11) is 4.24. The Kier molecular flexibility index (Phi) is 20.8. The smallest absolute Gasteiger partial charge is 0.480 e. The topological polar surface area (TPSA) is 202 Å². The molecule has 4 aromatic carbocycles. The van der Waals surface area contributed by atoms with Gasteiger partial charge in [0.2, 0.25) is 11.2 Å². The van der Waals surface area contributed by atoms with Crippen LogP contribution in [0.2, 0.25) is 0 Å². The molecule has 5 aromatic rings. The Morgan fingerprint density at radius 1 is 0.716 bits per heavy atom. The fraction of sp³-hybridized carbons (Fsp3) is 0.396. The van der Waals surface area contributed by atoms with Gasteiger partial charge in [0.25, 0.3) is 0 Å². The van der Waals surface area contributed by atoms with Gasteiger partial charge in [0.15, 0.2) is 12.4 Å². The molecule has 0 saturated carbocycles. The van der Waals surface area contributed by atoms with Crippen LogP contribution >= 0.6 is 0 Å². The number of aldehydes is 1. The fourth-order valence-electron chi connectivity index (χ4n) is 8.91. The van der Waals surface area contributed by atoms with Crippen molar-refractivity contribution >= 4 is 64.1 Å². The standard InChI is InChI=1S/C48H60BN7O10.Eu/c1-50(37-12-5-4-6-13-37)29-43(66-34-36-11-7-10-16-41(36)49(64)65)48-39-15-9-8-14-38(39)40-27-35(17-18-42(40)52(48)3)28-51(2)44(33-57)56-25-23-54(31-46(60)61)21-19-53(30-45(58)59)20-22-55(24-26-56)32-47(62)63;/h4-18,27,33,43-44,64-65H,19-26,28-32,34H2,1-3H3,(H2-,58,59,60,61,62,63);/p+1. The minimum Gasteiger partial charge on any atom is -0.480 e. The molecule has 0 spiro atoms. The fourth-order valence-corrected chi connectivity index (χ4v) is 8.91. The number of ether oxygens (including phenoxy) is 1. The Hall–Kier alpha value is -4.24. The van der Waals surface area contributed by atoms with Crippen molar-refractivity contribution in [3.05, 3.63) is 114 Å². The van der Waals surface area contributed by atoms with E-state index in [1.807, 2.05) is 91.6 Å². The number of carbonyl (C=O) groups is 4. The number of rotatable bonds is 19. The number of likely N-dealkylation sites (N-methyl/N-ethyl adjacent to an activating group) is 2. The third kappa shape index (κ3) is 14.9. The van der Waals surface area contributed by atoms with Crippen molar-refractivity contribution in [2.75, 3.05) is 97.5 Å². The Morgan fingerprint density at radius 3 is 1.79 bits per heavy atom. The molecule has 1 fully saturated rings. The van der Waals surface area contributed by atoms with E-state index in [-0.39, 0.29) is 115 Å². The van der Waals surface area contributed by atoms with E-state index < -0.39 is 37.3 Å². The van der Waals surface area contributed by atoms with Crippen LogP contribution in [0.25, 0.3) is 21.7 Å². The monoisotopic (exact) mass is 1060 g/mol. The first-order valence-electron chi connectivity index (χ1n) is 22.1. The number of benzene rings is 4. The largest absolute Gasteiger partial charge is 0.488 e. The summed E-state index contributed by atoms with van der Waals surface area (Å²) >= 11 is 0. The number of aryl methyl sites for hydroxylation is 1. The molecule has 19 heteroatoms. The molecule has 0 aliphatic carbocycles. The van der Waals surface area contributed by atoms with Gasteiger partial charge < -0.3 is 39.8 Å². The number of aliphatic carboxylic acids is 3. The zero-order valence-electron chi connectivity index (χ0n) is 38.2. The maximum Gasteiger partial charge on any atom is 0.488 e. The summed E-state index contributed by atoms with van der Waals surface area (Å²) < 4.78 is 8.96. The van der Waals surface area contributed by atoms with Gasteiger partial charge in [-0.3, -0.25) is 38.9 Å². The summed E-state index contributed by atoms with van der Waals surface area (Å²) in [4.78, 5) is 59.6. The number of pyridine rings is 1. The van der Waals surface area contributed by atoms with Crippen molar-refractivity contribution in [2.24, 2.45) is 7.05 Å². The first-order chi connectivity index (χ1) is 31.7. The minimum atomic E-state index is -1.65. The number of carboxylic acids is 3. The average molecular weight is 1060 g/mol. The van der Waals surface area contributed by atoms with E-state index in [0.29, 0.717) is 37.2 Å². The molecule has 2 unspecified atom stereocenters. The molecule has 1 radical (unpaired) electrons. The van der Waals surface area contributed by atoms with E-state index in [4.69, 9.17) is 4.74 Å². The maximum atomic E-state index is 13.1. The van der Waals surface area contributed by atoms with Crippen LogP contribution in [0.15, 0.2) is 97.1 Å². The van der Waals surface area contributed by atoms with Gasteiger partial charge in [-0.25, -0.2) is 0 Å². The molecule has 357 valence electrons. The van der Waals surface area contributed by atoms with Crippen LogP contribution in [0.1, 0.15) is 22.9 Å². The van der Waals surface area contributed by atoms with Crippen molar-refractivity contribution < 1.29 is 103 Å². The number of nitrogens with zero attached hydrogens (tertiary/aromatic N) is 7. The predicted octanol–water partition coefficient (Wildman–Crippen LogP) is 1.32. The molecule has 1 saturated heterocycles. The summed E-state index contributed by atoms with van der Waals surface area (Å²) in [5.41, 5.74) is 4.89. The molecule has 6 rings (SSSR count). The quantitative estimate of drug-likeness (QED) is 0.0343. The third-order valence-corrected chi connectivity index (χ3v) is 12.3. The molecule has 2 atom stereocenters. The van der Waals surface area contributed by atoms with E-state index in [1.165, 1.54) is 0 Å². The van der Waals surface area contributed by atoms with Crippen LogP contribution in [-0.2, 0) is 44.1 Å². The summed E-state index contributed by atoms with van der Waals surface area (Å²) in [5.74, 6) is -3.07. The zero-order valence-corrected chi connectivity index (χ0v) is 40.7. The second kappa shape index (κ2) is 25.9. The second-order valence-corrected chi connectivity index (χ2v) is 16.9. The van der Waals surface area contributed by atoms with E-state index in [2.05, 4.69) is 33.7 Å². The molecule has 1 aliphatic heterocycles. The predicted molar refractivity (Wildman–Crippen MR) is 251 cm³/mol. The van der Waals surface area contributed by atoms with Gasteiger partial charge in [-0.1, -0.05) is 66.7 Å². The van der Waals surface area contributed by atoms with Crippen LogP contribution in [0, 0.1) is 49.4 Å². The molecular weight excluding hydrogens is 997 g/mol. The average Bonchev–Trinajstić information content (AvgIpc) is 3.28. The van der Waals surface area contributed by atoms with Crippen LogP contribution in [-0.4, -0.2) is 180 Å². The van der Waals surface area contributed by atoms with E-state index in [9.17, 15) is 44.5 Å². The van der Waals surface area contributed by atoms with Gasteiger partial charge in [0.05, 0.1) is 43.6 Å².